The van der Waals surface area contributed by atoms with E-state index in [4.69, 9.17) is 5.11 Å². The molecule has 0 aliphatic heterocycles. The summed E-state index contributed by atoms with van der Waals surface area (Å²) in [4.78, 5) is 10.9. The molecule has 0 fully saturated rings. The Morgan fingerprint density at radius 1 is 1.16 bits per heavy atom. The minimum atomic E-state index is -0.841. The molecule has 0 spiro atoms. The highest BCUT2D eigenvalue weighted by atomic mass is 16.4. The number of benzene rings is 1. The summed E-state index contributed by atoms with van der Waals surface area (Å²) in [5.74, 6) is 0.665. The first kappa shape index (κ1) is 15.7. The first-order valence-electron chi connectivity index (χ1n) is 7.31. The minimum absolute atomic E-state index is 0.393. The van der Waals surface area contributed by atoms with Crippen LogP contribution in [0.3, 0.4) is 0 Å². The van der Waals surface area contributed by atoms with E-state index in [2.05, 4.69) is 20.8 Å². The van der Waals surface area contributed by atoms with Crippen LogP contribution in [0.5, 0.6) is 0 Å². The van der Waals surface area contributed by atoms with E-state index in [1.807, 2.05) is 12.1 Å². The van der Waals surface area contributed by atoms with Crippen LogP contribution in [0.25, 0.3) is 0 Å². The summed E-state index contributed by atoms with van der Waals surface area (Å²) in [5, 5.41) is 8.95. The Bertz CT molecular complexity index is 396. The molecule has 2 heteroatoms. The molecule has 0 aliphatic rings. The summed E-state index contributed by atoms with van der Waals surface area (Å²) in [6.07, 6.45) is 5.99. The third-order valence-electron chi connectivity index (χ3n) is 3.58. The topological polar surface area (TPSA) is 37.3 Å². The van der Waals surface area contributed by atoms with Gasteiger partial charge in [-0.15, -0.1) is 0 Å². The van der Waals surface area contributed by atoms with Crippen molar-refractivity contribution >= 4 is 5.97 Å². The molecule has 1 atom stereocenters. The van der Waals surface area contributed by atoms with Crippen molar-refractivity contribution < 1.29 is 9.90 Å². The van der Waals surface area contributed by atoms with Crippen LogP contribution in [0.15, 0.2) is 24.3 Å². The van der Waals surface area contributed by atoms with Crippen LogP contribution in [0, 0.1) is 11.8 Å². The van der Waals surface area contributed by atoms with Gasteiger partial charge in [0.1, 0.15) is 0 Å². The van der Waals surface area contributed by atoms with Gasteiger partial charge in [0, 0.05) is 0 Å². The van der Waals surface area contributed by atoms with Crippen LogP contribution in [0.2, 0.25) is 0 Å². The molecule has 0 saturated heterocycles. The van der Waals surface area contributed by atoms with Gasteiger partial charge in [0.25, 0.3) is 0 Å². The van der Waals surface area contributed by atoms with Crippen molar-refractivity contribution in [3.05, 3.63) is 35.4 Å². The largest absolute Gasteiger partial charge is 0.478 e. The summed E-state index contributed by atoms with van der Waals surface area (Å²) < 4.78 is 0. The lowest BCUT2D eigenvalue weighted by molar-refractivity contribution is 0.0696. The Morgan fingerprint density at radius 3 is 2.53 bits per heavy atom. The molecule has 0 aromatic heterocycles. The molecule has 0 radical (unpaired) electrons. The van der Waals surface area contributed by atoms with Gasteiger partial charge in [-0.1, -0.05) is 52.2 Å². The average molecular weight is 262 g/mol. The molecule has 0 saturated carbocycles. The van der Waals surface area contributed by atoms with Crippen molar-refractivity contribution in [2.45, 2.75) is 52.9 Å². The van der Waals surface area contributed by atoms with Crippen molar-refractivity contribution in [2.75, 3.05) is 0 Å². The second-order valence-corrected chi connectivity index (χ2v) is 5.97. The van der Waals surface area contributed by atoms with E-state index in [9.17, 15) is 4.79 Å². The molecule has 0 aliphatic carbocycles. The van der Waals surface area contributed by atoms with Gasteiger partial charge >= 0.3 is 5.97 Å². The molecule has 0 bridgehead atoms. The highest BCUT2D eigenvalue weighted by molar-refractivity contribution is 5.87. The SMILES string of the molecule is CC(C)CCC[C@@H](C)CCc1cccc(C(=O)O)c1. The fourth-order valence-corrected chi connectivity index (χ4v) is 2.29. The molecule has 2 nitrogen and oxygen atoms in total. The molecule has 1 aromatic rings. The molecule has 0 unspecified atom stereocenters. The predicted octanol–water partition coefficient (Wildman–Crippen LogP) is 4.78. The van der Waals surface area contributed by atoms with E-state index in [-0.39, 0.29) is 0 Å². The van der Waals surface area contributed by atoms with Crippen molar-refractivity contribution in [3.8, 4) is 0 Å². The minimum Gasteiger partial charge on any atom is -0.478 e. The van der Waals surface area contributed by atoms with Crippen LogP contribution in [0.4, 0.5) is 0 Å². The summed E-state index contributed by atoms with van der Waals surface area (Å²) in [6, 6.07) is 7.30. The van der Waals surface area contributed by atoms with Crippen LogP contribution in [0.1, 0.15) is 62.4 Å². The maximum atomic E-state index is 10.9. The molecule has 0 heterocycles. The van der Waals surface area contributed by atoms with Crippen LogP contribution in [-0.4, -0.2) is 11.1 Å². The monoisotopic (exact) mass is 262 g/mol. The quantitative estimate of drug-likeness (QED) is 0.732. The van der Waals surface area contributed by atoms with Crippen LogP contribution < -0.4 is 0 Å². The maximum Gasteiger partial charge on any atom is 0.335 e. The summed E-state index contributed by atoms with van der Waals surface area (Å²) in [5.41, 5.74) is 1.53. The number of carbonyl (C=O) groups is 1. The standard InChI is InChI=1S/C17H26O2/c1-13(2)6-4-7-14(3)10-11-15-8-5-9-16(12-15)17(18)19/h5,8-9,12-14H,4,6-7,10-11H2,1-3H3,(H,18,19)/t14-/m1/s1. The third kappa shape index (κ3) is 6.42. The highest BCUT2D eigenvalue weighted by Crippen LogP contribution is 2.18. The second-order valence-electron chi connectivity index (χ2n) is 5.97. The van der Waals surface area contributed by atoms with Gasteiger partial charge in [0.05, 0.1) is 5.56 Å². The van der Waals surface area contributed by atoms with E-state index in [1.165, 1.54) is 19.3 Å². The summed E-state index contributed by atoms with van der Waals surface area (Å²) in [7, 11) is 0. The Labute approximate surface area is 116 Å². The zero-order valence-electron chi connectivity index (χ0n) is 12.4. The van der Waals surface area contributed by atoms with E-state index < -0.39 is 5.97 Å². The zero-order valence-corrected chi connectivity index (χ0v) is 12.4. The van der Waals surface area contributed by atoms with E-state index in [0.717, 1.165) is 24.3 Å². The van der Waals surface area contributed by atoms with Gasteiger partial charge in [-0.05, 0) is 42.4 Å². The number of carboxylic acid groups (broad SMARTS) is 1. The lowest BCUT2D eigenvalue weighted by Gasteiger charge is -2.12. The van der Waals surface area contributed by atoms with Gasteiger partial charge in [-0.25, -0.2) is 4.79 Å². The first-order valence-corrected chi connectivity index (χ1v) is 7.31. The highest BCUT2D eigenvalue weighted by Gasteiger charge is 2.06. The lowest BCUT2D eigenvalue weighted by Crippen LogP contribution is -2.01. The van der Waals surface area contributed by atoms with E-state index in [1.54, 1.807) is 12.1 Å². The number of rotatable bonds is 8. The predicted molar refractivity (Wildman–Crippen MR) is 79.6 cm³/mol. The smallest absolute Gasteiger partial charge is 0.335 e. The van der Waals surface area contributed by atoms with Gasteiger partial charge in [0.2, 0.25) is 0 Å². The summed E-state index contributed by atoms with van der Waals surface area (Å²) >= 11 is 0. The van der Waals surface area contributed by atoms with Gasteiger partial charge in [-0.3, -0.25) is 0 Å². The van der Waals surface area contributed by atoms with Crippen LogP contribution >= 0.6 is 0 Å². The van der Waals surface area contributed by atoms with Crippen molar-refractivity contribution in [2.24, 2.45) is 11.8 Å². The molecular weight excluding hydrogens is 236 g/mol. The lowest BCUT2D eigenvalue weighted by atomic mass is 9.94. The zero-order chi connectivity index (χ0) is 14.3. The molecule has 19 heavy (non-hydrogen) atoms. The maximum absolute atomic E-state index is 10.9. The fourth-order valence-electron chi connectivity index (χ4n) is 2.29. The fraction of sp³-hybridized carbons (Fsp3) is 0.588. The van der Waals surface area contributed by atoms with Crippen molar-refractivity contribution in [3.63, 3.8) is 0 Å². The summed E-state index contributed by atoms with van der Waals surface area (Å²) in [6.45, 7) is 6.82. The van der Waals surface area contributed by atoms with Crippen LogP contribution in [-0.2, 0) is 6.42 Å². The van der Waals surface area contributed by atoms with E-state index in [0.29, 0.717) is 11.5 Å². The Balaban J connectivity index is 2.35. The molecule has 0 amide bonds. The van der Waals surface area contributed by atoms with Crippen molar-refractivity contribution in [1.29, 1.82) is 0 Å². The number of aryl methyl sites for hydroxylation is 1. The normalized spacial score (nSPS) is 12.6. The Kier molecular flexibility index (Phi) is 6.61. The average Bonchev–Trinajstić information content (AvgIpc) is 2.36. The number of hydrogen-bond donors (Lipinski definition) is 1. The number of aromatic carboxylic acids is 1. The number of hydrogen-bond acceptors (Lipinski definition) is 1. The Morgan fingerprint density at radius 2 is 1.89 bits per heavy atom. The first-order chi connectivity index (χ1) is 8.99. The van der Waals surface area contributed by atoms with Gasteiger partial charge < -0.3 is 5.11 Å². The van der Waals surface area contributed by atoms with Crippen molar-refractivity contribution in [1.82, 2.24) is 0 Å². The van der Waals surface area contributed by atoms with Gasteiger partial charge in [-0.2, -0.15) is 0 Å². The third-order valence-corrected chi connectivity index (χ3v) is 3.58. The van der Waals surface area contributed by atoms with Gasteiger partial charge in [0.15, 0.2) is 0 Å². The molecule has 106 valence electrons. The number of carboxylic acids is 1. The molecular formula is C17H26O2. The Hall–Kier alpha value is -1.31. The van der Waals surface area contributed by atoms with E-state index >= 15 is 0 Å². The molecule has 1 rings (SSSR count). The second kappa shape index (κ2) is 7.98. The molecule has 1 aromatic carbocycles. The molecule has 1 N–H and O–H groups in total.